The highest BCUT2D eigenvalue weighted by molar-refractivity contribution is 7.89. The molecule has 1 aliphatic rings. The highest BCUT2D eigenvalue weighted by Crippen LogP contribution is 2.13. The van der Waals surface area contributed by atoms with E-state index in [1.54, 1.807) is 24.0 Å². The van der Waals surface area contributed by atoms with Gasteiger partial charge in [0.2, 0.25) is 10.0 Å². The zero-order chi connectivity index (χ0) is 22.4. The van der Waals surface area contributed by atoms with Crippen LogP contribution in [0.4, 0.5) is 4.79 Å². The van der Waals surface area contributed by atoms with E-state index in [1.165, 1.54) is 12.1 Å². The number of amides is 2. The average molecular weight is 441 g/mol. The van der Waals surface area contributed by atoms with Gasteiger partial charge in [0.05, 0.1) is 4.90 Å². The van der Waals surface area contributed by atoms with Crippen LogP contribution < -0.4 is 10.0 Å². The highest BCUT2D eigenvalue weighted by atomic mass is 32.2. The van der Waals surface area contributed by atoms with Crippen LogP contribution in [0.2, 0.25) is 0 Å². The zero-order valence-electron chi connectivity index (χ0n) is 18.1. The SMILES string of the molecule is CCNS(=O)(=O)c1cccc(C(=O)NCCN2CCN(C(=O)OC(C)(C)C)CC2)c1. The summed E-state index contributed by atoms with van der Waals surface area (Å²) in [5, 5.41) is 2.82. The first-order chi connectivity index (χ1) is 14.0. The van der Waals surface area contributed by atoms with Crippen LogP contribution in [0.5, 0.6) is 0 Å². The van der Waals surface area contributed by atoms with E-state index in [2.05, 4.69) is 14.9 Å². The van der Waals surface area contributed by atoms with Gasteiger partial charge in [0.25, 0.3) is 5.91 Å². The van der Waals surface area contributed by atoms with Gasteiger partial charge >= 0.3 is 6.09 Å². The van der Waals surface area contributed by atoms with Crippen LogP contribution in [-0.4, -0.2) is 81.6 Å². The van der Waals surface area contributed by atoms with Crippen LogP contribution in [0.1, 0.15) is 38.1 Å². The maximum atomic E-state index is 12.4. The molecule has 0 radical (unpaired) electrons. The van der Waals surface area contributed by atoms with Crippen LogP contribution in [0.3, 0.4) is 0 Å². The molecule has 0 unspecified atom stereocenters. The Balaban J connectivity index is 1.79. The second-order valence-electron chi connectivity index (χ2n) is 8.09. The number of carbonyl (C=O) groups is 2. The Labute approximate surface area is 178 Å². The molecule has 0 saturated carbocycles. The van der Waals surface area contributed by atoms with Crippen molar-refractivity contribution in [2.75, 3.05) is 45.8 Å². The fourth-order valence-electron chi connectivity index (χ4n) is 2.99. The van der Waals surface area contributed by atoms with Gasteiger partial charge in [-0.1, -0.05) is 13.0 Å². The number of carbonyl (C=O) groups excluding carboxylic acids is 2. The second-order valence-corrected chi connectivity index (χ2v) is 9.86. The average Bonchev–Trinajstić information content (AvgIpc) is 2.67. The molecule has 1 heterocycles. The quantitative estimate of drug-likeness (QED) is 0.661. The topological polar surface area (TPSA) is 108 Å². The molecule has 0 spiro atoms. The first kappa shape index (κ1) is 24.1. The van der Waals surface area contributed by atoms with Crippen molar-refractivity contribution >= 4 is 22.0 Å². The fourth-order valence-corrected chi connectivity index (χ4v) is 4.07. The largest absolute Gasteiger partial charge is 0.444 e. The summed E-state index contributed by atoms with van der Waals surface area (Å²) < 4.78 is 32.0. The molecule has 0 aliphatic carbocycles. The summed E-state index contributed by atoms with van der Waals surface area (Å²) in [6.07, 6.45) is -0.303. The molecule has 1 aromatic rings. The third-order valence-electron chi connectivity index (χ3n) is 4.48. The number of piperazine rings is 1. The van der Waals surface area contributed by atoms with Gasteiger partial charge in [0.1, 0.15) is 5.60 Å². The number of hydrogen-bond acceptors (Lipinski definition) is 6. The van der Waals surface area contributed by atoms with Crippen molar-refractivity contribution in [3.63, 3.8) is 0 Å². The van der Waals surface area contributed by atoms with Crippen molar-refractivity contribution in [1.82, 2.24) is 19.8 Å². The summed E-state index contributed by atoms with van der Waals surface area (Å²) in [7, 11) is -3.61. The predicted molar refractivity (Wildman–Crippen MR) is 114 cm³/mol. The van der Waals surface area contributed by atoms with E-state index in [0.717, 1.165) is 0 Å². The molecular formula is C20H32N4O5S. The molecule has 1 fully saturated rings. The van der Waals surface area contributed by atoms with Crippen molar-refractivity contribution in [2.45, 2.75) is 38.2 Å². The molecule has 168 valence electrons. The number of nitrogens with one attached hydrogen (secondary N) is 2. The lowest BCUT2D eigenvalue weighted by atomic mass is 10.2. The standard InChI is InChI=1S/C20H32N4O5S/c1-5-22-30(27,28)17-8-6-7-16(15-17)18(25)21-9-10-23-11-13-24(14-12-23)19(26)29-20(2,3)4/h6-8,15,22H,5,9-14H2,1-4H3,(H,21,25). The minimum absolute atomic E-state index is 0.0651. The molecular weight excluding hydrogens is 408 g/mol. The van der Waals surface area contributed by atoms with Gasteiger partial charge in [-0.3, -0.25) is 9.69 Å². The molecule has 0 aromatic heterocycles. The molecule has 10 heteroatoms. The van der Waals surface area contributed by atoms with Gasteiger partial charge in [0.15, 0.2) is 0 Å². The highest BCUT2D eigenvalue weighted by Gasteiger charge is 2.25. The Morgan fingerprint density at radius 2 is 1.80 bits per heavy atom. The fraction of sp³-hybridized carbons (Fsp3) is 0.600. The van der Waals surface area contributed by atoms with Gasteiger partial charge in [-0.2, -0.15) is 0 Å². The van der Waals surface area contributed by atoms with Crippen LogP contribution in [0, 0.1) is 0 Å². The minimum atomic E-state index is -3.61. The number of ether oxygens (including phenoxy) is 1. The molecule has 9 nitrogen and oxygen atoms in total. The monoisotopic (exact) mass is 440 g/mol. The molecule has 2 N–H and O–H groups in total. The van der Waals surface area contributed by atoms with E-state index in [4.69, 9.17) is 4.74 Å². The smallest absolute Gasteiger partial charge is 0.410 e. The van der Waals surface area contributed by atoms with Crippen molar-refractivity contribution < 1.29 is 22.7 Å². The van der Waals surface area contributed by atoms with Crippen LogP contribution >= 0.6 is 0 Å². The lowest BCUT2D eigenvalue weighted by molar-refractivity contribution is 0.0147. The summed E-state index contributed by atoms with van der Waals surface area (Å²) in [6.45, 7) is 11.1. The van der Waals surface area contributed by atoms with Gasteiger partial charge in [-0.15, -0.1) is 0 Å². The first-order valence-corrected chi connectivity index (χ1v) is 11.6. The third kappa shape index (κ3) is 7.26. The number of sulfonamides is 1. The molecule has 1 saturated heterocycles. The minimum Gasteiger partial charge on any atom is -0.444 e. The Kier molecular flexibility index (Phi) is 8.22. The number of benzene rings is 1. The van der Waals surface area contributed by atoms with E-state index in [0.29, 0.717) is 44.8 Å². The molecule has 0 atom stereocenters. The molecule has 1 aliphatic heterocycles. The Morgan fingerprint density at radius 1 is 1.13 bits per heavy atom. The molecule has 0 bridgehead atoms. The van der Waals surface area contributed by atoms with Crippen LogP contribution in [-0.2, 0) is 14.8 Å². The molecule has 2 rings (SSSR count). The van der Waals surface area contributed by atoms with Crippen LogP contribution in [0.15, 0.2) is 29.2 Å². The maximum Gasteiger partial charge on any atom is 0.410 e. The summed E-state index contributed by atoms with van der Waals surface area (Å²) in [6, 6.07) is 5.96. The normalized spacial score (nSPS) is 15.7. The Bertz CT molecular complexity index is 843. The zero-order valence-corrected chi connectivity index (χ0v) is 18.9. The van der Waals surface area contributed by atoms with Crippen molar-refractivity contribution in [3.8, 4) is 0 Å². The Morgan fingerprint density at radius 3 is 2.40 bits per heavy atom. The summed E-state index contributed by atoms with van der Waals surface area (Å²) >= 11 is 0. The van der Waals surface area contributed by atoms with E-state index in [9.17, 15) is 18.0 Å². The van der Waals surface area contributed by atoms with E-state index in [1.807, 2.05) is 20.8 Å². The van der Waals surface area contributed by atoms with Crippen molar-refractivity contribution in [1.29, 1.82) is 0 Å². The molecule has 1 aromatic carbocycles. The van der Waals surface area contributed by atoms with E-state index >= 15 is 0 Å². The number of nitrogens with zero attached hydrogens (tertiary/aromatic N) is 2. The predicted octanol–water partition coefficient (Wildman–Crippen LogP) is 1.27. The van der Waals surface area contributed by atoms with Crippen molar-refractivity contribution in [2.24, 2.45) is 0 Å². The lowest BCUT2D eigenvalue weighted by Crippen LogP contribution is -2.51. The summed E-state index contributed by atoms with van der Waals surface area (Å²) in [5.41, 5.74) is -0.217. The maximum absolute atomic E-state index is 12.4. The van der Waals surface area contributed by atoms with Gasteiger partial charge in [-0.25, -0.2) is 17.9 Å². The number of rotatable bonds is 7. The Hall–Kier alpha value is -2.17. The van der Waals surface area contributed by atoms with E-state index < -0.39 is 15.6 Å². The van der Waals surface area contributed by atoms with E-state index in [-0.39, 0.29) is 23.4 Å². The van der Waals surface area contributed by atoms with Crippen molar-refractivity contribution in [3.05, 3.63) is 29.8 Å². The first-order valence-electron chi connectivity index (χ1n) is 10.1. The lowest BCUT2D eigenvalue weighted by Gasteiger charge is -2.35. The van der Waals surface area contributed by atoms with Gasteiger partial charge in [0, 0.05) is 51.4 Å². The number of hydrogen-bond donors (Lipinski definition) is 2. The van der Waals surface area contributed by atoms with Gasteiger partial charge in [-0.05, 0) is 39.0 Å². The van der Waals surface area contributed by atoms with Gasteiger partial charge < -0.3 is 15.0 Å². The van der Waals surface area contributed by atoms with Crippen LogP contribution in [0.25, 0.3) is 0 Å². The summed E-state index contributed by atoms with van der Waals surface area (Å²) in [5.74, 6) is -0.323. The molecule has 2 amide bonds. The summed E-state index contributed by atoms with van der Waals surface area (Å²) in [4.78, 5) is 28.4. The third-order valence-corrected chi connectivity index (χ3v) is 6.02. The molecule has 30 heavy (non-hydrogen) atoms. The second kappa shape index (κ2) is 10.2.